The second-order valence-corrected chi connectivity index (χ2v) is 14.6. The second kappa shape index (κ2) is 17.4. The summed E-state index contributed by atoms with van der Waals surface area (Å²) in [6, 6.07) is 24.1. The lowest BCUT2D eigenvalue weighted by atomic mass is 9.91. The summed E-state index contributed by atoms with van der Waals surface area (Å²) in [6.07, 6.45) is 6.05. The van der Waals surface area contributed by atoms with E-state index in [1.165, 1.54) is 5.56 Å². The normalized spacial score (nSPS) is 18.4. The number of benzene rings is 2. The van der Waals surface area contributed by atoms with Crippen molar-refractivity contribution in [1.29, 1.82) is 0 Å². The van der Waals surface area contributed by atoms with Crippen molar-refractivity contribution in [3.63, 3.8) is 0 Å². The van der Waals surface area contributed by atoms with E-state index in [4.69, 9.17) is 0 Å². The fourth-order valence-electron chi connectivity index (χ4n) is 6.46. The fourth-order valence-corrected chi connectivity index (χ4v) is 7.65. The van der Waals surface area contributed by atoms with Crippen molar-refractivity contribution < 1.29 is 14.4 Å². The van der Waals surface area contributed by atoms with Crippen LogP contribution in [0.5, 0.6) is 0 Å². The molecule has 1 aliphatic rings. The number of likely N-dealkylation sites (tertiary alicyclic amines) is 1. The van der Waals surface area contributed by atoms with Gasteiger partial charge >= 0.3 is 0 Å². The number of nitrogens with one attached hydrogen (secondary N) is 3. The molecule has 10 heteroatoms. The highest BCUT2D eigenvalue weighted by atomic mass is 32.2. The van der Waals surface area contributed by atoms with E-state index in [1.54, 1.807) is 19.3 Å². The minimum atomic E-state index is -0.752. The molecular formula is C39H48N6O3S. The Morgan fingerprint density at radius 1 is 0.918 bits per heavy atom. The third kappa shape index (κ3) is 9.89. The van der Waals surface area contributed by atoms with Gasteiger partial charge in [0.25, 0.3) is 5.91 Å². The smallest absolute Gasteiger partial charge is 0.270 e. The molecular weight excluding hydrogens is 633 g/mol. The highest BCUT2D eigenvalue weighted by Crippen LogP contribution is 2.31. The average molecular weight is 681 g/mol. The maximum Gasteiger partial charge on any atom is 0.270 e. The van der Waals surface area contributed by atoms with Gasteiger partial charge in [-0.25, -0.2) is 4.98 Å². The zero-order chi connectivity index (χ0) is 34.8. The molecule has 2 aromatic heterocycles. The number of para-hydroxylation sites is 1. The molecule has 4 unspecified atom stereocenters. The van der Waals surface area contributed by atoms with Gasteiger partial charge in [-0.1, -0.05) is 81.4 Å². The summed E-state index contributed by atoms with van der Waals surface area (Å²) in [6.45, 7) is 7.44. The lowest BCUT2D eigenvalue weighted by molar-refractivity contribution is -0.128. The number of amides is 3. The van der Waals surface area contributed by atoms with Crippen LogP contribution in [0.2, 0.25) is 0 Å². The van der Waals surface area contributed by atoms with Crippen LogP contribution in [0.4, 0.5) is 0 Å². The topological polar surface area (TPSA) is 116 Å². The number of rotatable bonds is 14. The van der Waals surface area contributed by atoms with Crippen LogP contribution < -0.4 is 16.0 Å². The van der Waals surface area contributed by atoms with Crippen molar-refractivity contribution >= 4 is 40.4 Å². The highest BCUT2D eigenvalue weighted by Gasteiger charge is 2.36. The first kappa shape index (κ1) is 36.0. The standard InChI is InChI=1S/C39H48N6O3S/c1-26(2)36(44-37(46)33-17-16-30-14-8-9-15-32(30)42-33)39(48)43-34(21-28-11-6-5-7-12-28)27(3)24-45-20-18-31(22-35(45)38(47)40-4)49-25-29-13-10-19-41-23-29/h5-17,19,23,26-27,31,34-36H,18,20-22,24-25H2,1-4H3,(H,40,47)(H,43,48)(H,44,46)/t27?,31?,34?,35?,36-/m0/s1. The molecule has 3 N–H and O–H groups in total. The Morgan fingerprint density at radius 3 is 2.41 bits per heavy atom. The molecule has 49 heavy (non-hydrogen) atoms. The van der Waals surface area contributed by atoms with Crippen LogP contribution in [-0.4, -0.2) is 76.1 Å². The first-order valence-corrected chi connectivity index (χ1v) is 18.2. The first-order valence-electron chi connectivity index (χ1n) is 17.2. The number of thioether (sulfide) groups is 1. The Labute approximate surface area is 294 Å². The minimum Gasteiger partial charge on any atom is -0.358 e. The summed E-state index contributed by atoms with van der Waals surface area (Å²) in [5, 5.41) is 10.5. The number of hydrogen-bond donors (Lipinski definition) is 3. The predicted octanol–water partition coefficient (Wildman–Crippen LogP) is 5.26. The van der Waals surface area contributed by atoms with Gasteiger partial charge in [-0.05, 0) is 67.0 Å². The summed E-state index contributed by atoms with van der Waals surface area (Å²) in [5.41, 5.74) is 3.29. The number of pyridine rings is 2. The summed E-state index contributed by atoms with van der Waals surface area (Å²) >= 11 is 1.89. The van der Waals surface area contributed by atoms with Gasteiger partial charge in [0, 0.05) is 48.4 Å². The molecule has 5 atom stereocenters. The van der Waals surface area contributed by atoms with Crippen molar-refractivity contribution in [2.24, 2.45) is 11.8 Å². The Morgan fingerprint density at radius 2 is 1.67 bits per heavy atom. The van der Waals surface area contributed by atoms with Gasteiger partial charge < -0.3 is 16.0 Å². The maximum atomic E-state index is 14.0. The van der Waals surface area contributed by atoms with Crippen molar-refractivity contribution in [1.82, 2.24) is 30.8 Å². The molecule has 9 nitrogen and oxygen atoms in total. The summed E-state index contributed by atoms with van der Waals surface area (Å²) in [5.74, 6) is 0.132. The summed E-state index contributed by atoms with van der Waals surface area (Å²) in [4.78, 5) is 51.6. The van der Waals surface area contributed by atoms with Crippen LogP contribution >= 0.6 is 11.8 Å². The number of hydrogen-bond acceptors (Lipinski definition) is 7. The van der Waals surface area contributed by atoms with E-state index in [2.05, 4.69) is 55.9 Å². The molecule has 0 radical (unpaired) electrons. The predicted molar refractivity (Wildman–Crippen MR) is 197 cm³/mol. The number of carbonyl (C=O) groups excluding carboxylic acids is 3. The average Bonchev–Trinajstić information content (AvgIpc) is 3.13. The molecule has 258 valence electrons. The molecule has 1 saturated heterocycles. The van der Waals surface area contributed by atoms with Gasteiger partial charge in [0.05, 0.1) is 11.6 Å². The van der Waals surface area contributed by atoms with Gasteiger partial charge in [0.15, 0.2) is 0 Å². The van der Waals surface area contributed by atoms with Crippen molar-refractivity contribution in [3.05, 3.63) is 108 Å². The third-order valence-corrected chi connectivity index (χ3v) is 10.7. The summed E-state index contributed by atoms with van der Waals surface area (Å²) < 4.78 is 0. The van der Waals surface area contributed by atoms with E-state index in [0.717, 1.165) is 41.6 Å². The number of carbonyl (C=O) groups is 3. The zero-order valence-corrected chi connectivity index (χ0v) is 29.7. The van der Waals surface area contributed by atoms with E-state index < -0.39 is 6.04 Å². The number of aromatic nitrogens is 2. The molecule has 1 fully saturated rings. The van der Waals surface area contributed by atoms with Crippen LogP contribution in [0.3, 0.4) is 0 Å². The van der Waals surface area contributed by atoms with E-state index >= 15 is 0 Å². The number of nitrogens with zero attached hydrogens (tertiary/aromatic N) is 3. The van der Waals surface area contributed by atoms with Gasteiger partial charge in [0.1, 0.15) is 11.7 Å². The maximum absolute atomic E-state index is 14.0. The summed E-state index contributed by atoms with van der Waals surface area (Å²) in [7, 11) is 1.70. The molecule has 2 aromatic carbocycles. The van der Waals surface area contributed by atoms with Crippen LogP contribution in [0.1, 0.15) is 55.2 Å². The van der Waals surface area contributed by atoms with E-state index in [0.29, 0.717) is 18.2 Å². The molecule has 3 heterocycles. The van der Waals surface area contributed by atoms with Crippen molar-refractivity contribution in [2.45, 2.75) is 69.2 Å². The molecule has 4 aromatic rings. The Bertz CT molecular complexity index is 1690. The molecule has 3 amide bonds. The molecule has 0 aliphatic carbocycles. The van der Waals surface area contributed by atoms with Crippen LogP contribution in [-0.2, 0) is 21.8 Å². The third-order valence-electron chi connectivity index (χ3n) is 9.33. The largest absolute Gasteiger partial charge is 0.358 e. The molecule has 5 rings (SSSR count). The lowest BCUT2D eigenvalue weighted by Crippen LogP contribution is -2.57. The molecule has 1 aliphatic heterocycles. The minimum absolute atomic E-state index is 0.0153. The van der Waals surface area contributed by atoms with Crippen molar-refractivity contribution in [2.75, 3.05) is 20.1 Å². The fraction of sp³-hybridized carbons (Fsp3) is 0.410. The first-order chi connectivity index (χ1) is 23.7. The Hall–Kier alpha value is -4.28. The van der Waals surface area contributed by atoms with Crippen LogP contribution in [0.15, 0.2) is 91.3 Å². The quantitative estimate of drug-likeness (QED) is 0.166. The van der Waals surface area contributed by atoms with Crippen LogP contribution in [0, 0.1) is 11.8 Å². The van der Waals surface area contributed by atoms with E-state index in [-0.39, 0.29) is 47.3 Å². The second-order valence-electron chi connectivity index (χ2n) is 13.3. The van der Waals surface area contributed by atoms with Gasteiger partial charge in [-0.2, -0.15) is 11.8 Å². The number of likely N-dealkylation sites (N-methyl/N-ethyl adjacent to an activating group) is 1. The van der Waals surface area contributed by atoms with Crippen molar-refractivity contribution in [3.8, 4) is 0 Å². The SMILES string of the molecule is CNC(=O)C1CC(SCc2cccnc2)CCN1CC(C)C(Cc1ccccc1)NC(=O)[C@@H](NC(=O)c1ccc2ccccc2n1)C(C)C. The van der Waals surface area contributed by atoms with Gasteiger partial charge in [-0.15, -0.1) is 0 Å². The number of fused-ring (bicyclic) bond motifs is 1. The van der Waals surface area contributed by atoms with Gasteiger partial charge in [0.2, 0.25) is 11.8 Å². The van der Waals surface area contributed by atoms with Gasteiger partial charge in [-0.3, -0.25) is 24.3 Å². The Kier molecular flexibility index (Phi) is 12.8. The van der Waals surface area contributed by atoms with E-state index in [9.17, 15) is 14.4 Å². The molecule has 0 spiro atoms. The van der Waals surface area contributed by atoms with Crippen LogP contribution in [0.25, 0.3) is 10.9 Å². The highest BCUT2D eigenvalue weighted by molar-refractivity contribution is 7.99. The molecule has 0 bridgehead atoms. The lowest BCUT2D eigenvalue weighted by Gasteiger charge is -2.41. The monoisotopic (exact) mass is 680 g/mol. The Balaban J connectivity index is 1.28. The molecule has 0 saturated carbocycles. The zero-order valence-electron chi connectivity index (χ0n) is 28.8. The number of piperidine rings is 1. The van der Waals surface area contributed by atoms with E-state index in [1.807, 2.05) is 86.4 Å².